The molecule has 0 spiro atoms. The van der Waals surface area contributed by atoms with E-state index in [0.29, 0.717) is 36.9 Å². The van der Waals surface area contributed by atoms with Crippen LogP contribution in [0.3, 0.4) is 0 Å². The van der Waals surface area contributed by atoms with E-state index in [2.05, 4.69) is 13.8 Å². The van der Waals surface area contributed by atoms with Crippen molar-refractivity contribution in [1.29, 1.82) is 0 Å². The molecule has 20 heavy (non-hydrogen) atoms. The highest BCUT2D eigenvalue weighted by molar-refractivity contribution is 6.52. The number of ketones is 1. The molecule has 4 nitrogen and oxygen atoms in total. The van der Waals surface area contributed by atoms with Crippen LogP contribution < -0.4 is 4.90 Å². The Morgan fingerprint density at radius 1 is 1.25 bits per heavy atom. The molecule has 1 amide bonds. The fraction of sp³-hybridized carbons (Fsp3) is 0.500. The van der Waals surface area contributed by atoms with Crippen molar-refractivity contribution in [3.63, 3.8) is 0 Å². The number of nitrogens with zero attached hydrogens (tertiary/aromatic N) is 1. The lowest BCUT2D eigenvalue weighted by atomic mass is 10.1. The summed E-state index contributed by atoms with van der Waals surface area (Å²) in [5.41, 5.74) is 2.31. The predicted octanol–water partition coefficient (Wildman–Crippen LogP) is 2.45. The number of ether oxygens (including phenoxy) is 1. The molecule has 0 fully saturated rings. The molecule has 0 aliphatic carbocycles. The number of rotatable bonds is 6. The van der Waals surface area contributed by atoms with Crippen LogP contribution >= 0.6 is 0 Å². The molecule has 0 bridgehead atoms. The maximum absolute atomic E-state index is 12.0. The first kappa shape index (κ1) is 14.7. The normalized spacial score (nSPS) is 14.3. The molecule has 0 atom stereocenters. The minimum Gasteiger partial charge on any atom is -0.379 e. The van der Waals surface area contributed by atoms with Gasteiger partial charge in [-0.2, -0.15) is 0 Å². The monoisotopic (exact) mass is 275 g/mol. The number of hydrogen-bond acceptors (Lipinski definition) is 3. The largest absolute Gasteiger partial charge is 0.379 e. The fourth-order valence-corrected chi connectivity index (χ4v) is 2.26. The second-order valence-electron chi connectivity index (χ2n) is 5.46. The van der Waals surface area contributed by atoms with E-state index in [0.717, 1.165) is 12.0 Å². The first-order chi connectivity index (χ1) is 9.54. The van der Waals surface area contributed by atoms with Gasteiger partial charge in [0, 0.05) is 13.2 Å². The second kappa shape index (κ2) is 6.18. The van der Waals surface area contributed by atoms with Crippen LogP contribution in [0.1, 0.15) is 36.7 Å². The van der Waals surface area contributed by atoms with Crippen LogP contribution in [0.5, 0.6) is 0 Å². The summed E-state index contributed by atoms with van der Waals surface area (Å²) in [6, 6.07) is 5.65. The van der Waals surface area contributed by atoms with Crippen LogP contribution in [0.15, 0.2) is 18.2 Å². The molecule has 0 saturated heterocycles. The number of carbonyl (C=O) groups excluding carboxylic acids is 2. The molecule has 0 saturated carbocycles. The molecule has 0 aromatic heterocycles. The highest BCUT2D eigenvalue weighted by Crippen LogP contribution is 2.29. The van der Waals surface area contributed by atoms with Gasteiger partial charge in [0.2, 0.25) is 0 Å². The Morgan fingerprint density at radius 3 is 2.65 bits per heavy atom. The Balaban J connectivity index is 2.09. The third kappa shape index (κ3) is 2.90. The van der Waals surface area contributed by atoms with E-state index in [-0.39, 0.29) is 0 Å². The van der Waals surface area contributed by atoms with Crippen molar-refractivity contribution in [3.8, 4) is 0 Å². The molecule has 1 aliphatic heterocycles. The van der Waals surface area contributed by atoms with Gasteiger partial charge < -0.3 is 9.64 Å². The van der Waals surface area contributed by atoms with Crippen molar-refractivity contribution in [3.05, 3.63) is 29.3 Å². The molecule has 2 rings (SSSR count). The van der Waals surface area contributed by atoms with Gasteiger partial charge in [0.25, 0.3) is 11.7 Å². The van der Waals surface area contributed by atoms with E-state index in [9.17, 15) is 9.59 Å². The number of fused-ring (bicyclic) bond motifs is 1. The van der Waals surface area contributed by atoms with Gasteiger partial charge in [0.15, 0.2) is 0 Å². The van der Waals surface area contributed by atoms with Crippen molar-refractivity contribution in [2.45, 2.75) is 27.2 Å². The summed E-state index contributed by atoms with van der Waals surface area (Å²) in [5.74, 6) is -0.383. The molecule has 0 unspecified atom stereocenters. The van der Waals surface area contributed by atoms with Crippen molar-refractivity contribution in [1.82, 2.24) is 0 Å². The molecule has 0 radical (unpaired) electrons. The van der Waals surface area contributed by atoms with Gasteiger partial charge in [-0.3, -0.25) is 9.59 Å². The lowest BCUT2D eigenvalue weighted by Gasteiger charge is -2.17. The van der Waals surface area contributed by atoms with Gasteiger partial charge in [0.05, 0.1) is 17.9 Å². The number of hydrogen-bond donors (Lipinski definition) is 0. The minimum absolute atomic E-state index is 0.404. The number of amides is 1. The average Bonchev–Trinajstić information content (AvgIpc) is 2.67. The number of benzene rings is 1. The van der Waals surface area contributed by atoms with Gasteiger partial charge in [-0.15, -0.1) is 0 Å². The van der Waals surface area contributed by atoms with Crippen LogP contribution in [-0.2, 0) is 16.0 Å². The summed E-state index contributed by atoms with van der Waals surface area (Å²) >= 11 is 0. The van der Waals surface area contributed by atoms with E-state index >= 15 is 0 Å². The molecule has 1 aromatic rings. The smallest absolute Gasteiger partial charge is 0.299 e. The summed E-state index contributed by atoms with van der Waals surface area (Å²) in [6.07, 6.45) is 0.853. The third-order valence-electron chi connectivity index (χ3n) is 3.35. The zero-order valence-corrected chi connectivity index (χ0v) is 12.3. The van der Waals surface area contributed by atoms with Crippen molar-refractivity contribution >= 4 is 17.4 Å². The van der Waals surface area contributed by atoms with Crippen LogP contribution in [-0.4, -0.2) is 31.4 Å². The average molecular weight is 275 g/mol. The standard InChI is InChI=1S/C16H21NO3/c1-4-12-5-6-14-13(9-12)15(18)16(19)17(14)7-8-20-10-11(2)3/h5-6,9,11H,4,7-8,10H2,1-3H3. The van der Waals surface area contributed by atoms with Crippen LogP contribution in [0.4, 0.5) is 5.69 Å². The van der Waals surface area contributed by atoms with E-state index in [4.69, 9.17) is 4.74 Å². The molecule has 0 N–H and O–H groups in total. The van der Waals surface area contributed by atoms with Crippen molar-refractivity contribution < 1.29 is 14.3 Å². The summed E-state index contributed by atoms with van der Waals surface area (Å²) < 4.78 is 5.50. The molecular weight excluding hydrogens is 254 g/mol. The summed E-state index contributed by atoms with van der Waals surface area (Å²) in [5, 5.41) is 0. The number of Topliss-reactive ketones (excluding diaryl/α,β-unsaturated/α-hetero) is 1. The highest BCUT2D eigenvalue weighted by atomic mass is 16.5. The molecule has 1 heterocycles. The zero-order chi connectivity index (χ0) is 14.7. The van der Waals surface area contributed by atoms with Gasteiger partial charge in [-0.25, -0.2) is 0 Å². The first-order valence-corrected chi connectivity index (χ1v) is 7.11. The van der Waals surface area contributed by atoms with Gasteiger partial charge in [-0.05, 0) is 30.0 Å². The first-order valence-electron chi connectivity index (χ1n) is 7.11. The Kier molecular flexibility index (Phi) is 4.55. The van der Waals surface area contributed by atoms with Crippen molar-refractivity contribution in [2.24, 2.45) is 5.92 Å². The quantitative estimate of drug-likeness (QED) is 0.592. The molecule has 4 heteroatoms. The lowest BCUT2D eigenvalue weighted by Crippen LogP contribution is -2.33. The summed E-state index contributed by atoms with van der Waals surface area (Å²) in [7, 11) is 0. The van der Waals surface area contributed by atoms with Crippen molar-refractivity contribution in [2.75, 3.05) is 24.7 Å². The van der Waals surface area contributed by atoms with E-state index < -0.39 is 11.7 Å². The molecular formula is C16H21NO3. The third-order valence-corrected chi connectivity index (χ3v) is 3.35. The van der Waals surface area contributed by atoms with Gasteiger partial charge in [-0.1, -0.05) is 26.8 Å². The maximum atomic E-state index is 12.0. The number of aryl methyl sites for hydroxylation is 1. The fourth-order valence-electron chi connectivity index (χ4n) is 2.26. The lowest BCUT2D eigenvalue weighted by molar-refractivity contribution is -0.114. The predicted molar refractivity (Wildman–Crippen MR) is 78.2 cm³/mol. The second-order valence-corrected chi connectivity index (χ2v) is 5.46. The summed E-state index contributed by atoms with van der Waals surface area (Å²) in [4.78, 5) is 25.5. The van der Waals surface area contributed by atoms with E-state index in [1.807, 2.05) is 25.1 Å². The van der Waals surface area contributed by atoms with Gasteiger partial charge >= 0.3 is 0 Å². The Bertz CT molecular complexity index is 522. The van der Waals surface area contributed by atoms with E-state index in [1.165, 1.54) is 4.90 Å². The maximum Gasteiger partial charge on any atom is 0.299 e. The van der Waals surface area contributed by atoms with Crippen LogP contribution in [0, 0.1) is 5.92 Å². The van der Waals surface area contributed by atoms with Gasteiger partial charge in [0.1, 0.15) is 0 Å². The zero-order valence-electron chi connectivity index (χ0n) is 12.3. The number of carbonyl (C=O) groups is 2. The van der Waals surface area contributed by atoms with Crippen LogP contribution in [0.25, 0.3) is 0 Å². The Labute approximate surface area is 119 Å². The molecule has 1 aromatic carbocycles. The topological polar surface area (TPSA) is 46.6 Å². The summed E-state index contributed by atoms with van der Waals surface area (Å²) in [6.45, 7) is 7.72. The molecule has 1 aliphatic rings. The minimum atomic E-state index is -0.443. The molecule has 108 valence electrons. The highest BCUT2D eigenvalue weighted by Gasteiger charge is 2.35. The Hall–Kier alpha value is -1.68. The SMILES string of the molecule is CCc1ccc2c(c1)C(=O)C(=O)N2CCOCC(C)C. The Morgan fingerprint density at radius 2 is 2.00 bits per heavy atom. The van der Waals surface area contributed by atoms with Crippen LogP contribution in [0.2, 0.25) is 0 Å². The number of anilines is 1. The van der Waals surface area contributed by atoms with E-state index in [1.54, 1.807) is 0 Å².